The summed E-state index contributed by atoms with van der Waals surface area (Å²) in [5, 5.41) is 3.38. The summed E-state index contributed by atoms with van der Waals surface area (Å²) in [5.74, 6) is 1.55. The summed E-state index contributed by atoms with van der Waals surface area (Å²) in [5.41, 5.74) is 0. The Balaban J connectivity index is 1.69. The van der Waals surface area contributed by atoms with Crippen LogP contribution in [-0.2, 0) is 10.0 Å². The zero-order valence-corrected chi connectivity index (χ0v) is 15.5. The minimum absolute atomic E-state index is 0.0816. The van der Waals surface area contributed by atoms with E-state index in [4.69, 9.17) is 0 Å². The first-order valence-corrected chi connectivity index (χ1v) is 10.8. The molecule has 1 saturated carbocycles. The van der Waals surface area contributed by atoms with Crippen LogP contribution in [0.25, 0.3) is 0 Å². The maximum atomic E-state index is 13.0. The van der Waals surface area contributed by atoms with Crippen molar-refractivity contribution in [1.29, 1.82) is 0 Å². The van der Waals surface area contributed by atoms with E-state index in [1.54, 1.807) is 28.6 Å². The second kappa shape index (κ2) is 7.98. The van der Waals surface area contributed by atoms with Gasteiger partial charge in [-0.05, 0) is 36.8 Å². The number of hydrogen-bond donors (Lipinski definition) is 1. The highest BCUT2D eigenvalue weighted by molar-refractivity contribution is 7.89. The van der Waals surface area contributed by atoms with E-state index in [0.717, 1.165) is 37.8 Å². The summed E-state index contributed by atoms with van der Waals surface area (Å²) >= 11 is 0. The Morgan fingerprint density at radius 1 is 1.12 bits per heavy atom. The largest absolute Gasteiger partial charge is 0.314 e. The normalized spacial score (nSPS) is 29.5. The lowest BCUT2D eigenvalue weighted by Gasteiger charge is -2.37. The van der Waals surface area contributed by atoms with Gasteiger partial charge < -0.3 is 5.32 Å². The van der Waals surface area contributed by atoms with Crippen molar-refractivity contribution in [3.8, 4) is 0 Å². The number of rotatable bonds is 5. The minimum Gasteiger partial charge on any atom is -0.314 e. The van der Waals surface area contributed by atoms with Crippen LogP contribution >= 0.6 is 0 Å². The van der Waals surface area contributed by atoms with Crippen molar-refractivity contribution in [2.75, 3.05) is 19.6 Å². The lowest BCUT2D eigenvalue weighted by atomic mass is 9.77. The van der Waals surface area contributed by atoms with Crippen molar-refractivity contribution in [1.82, 2.24) is 9.62 Å². The Morgan fingerprint density at radius 3 is 2.62 bits per heavy atom. The van der Waals surface area contributed by atoms with E-state index in [1.807, 2.05) is 6.07 Å². The van der Waals surface area contributed by atoms with Gasteiger partial charge in [0.15, 0.2) is 0 Å². The van der Waals surface area contributed by atoms with Gasteiger partial charge in [0.1, 0.15) is 0 Å². The van der Waals surface area contributed by atoms with E-state index in [9.17, 15) is 8.42 Å². The average Bonchev–Trinajstić information content (AvgIpc) is 2.62. The Kier molecular flexibility index (Phi) is 5.95. The van der Waals surface area contributed by atoms with Gasteiger partial charge in [0.05, 0.1) is 4.90 Å². The molecule has 0 aromatic heterocycles. The van der Waals surface area contributed by atoms with Crippen molar-refractivity contribution < 1.29 is 8.42 Å². The zero-order valence-electron chi connectivity index (χ0n) is 14.7. The van der Waals surface area contributed by atoms with E-state index >= 15 is 0 Å². The molecule has 2 aliphatic rings. The molecule has 0 radical (unpaired) electrons. The quantitative estimate of drug-likeness (QED) is 0.887. The fraction of sp³-hybridized carbons (Fsp3) is 0.684. The number of piperazine rings is 1. The zero-order chi connectivity index (χ0) is 17.0. The third-order valence-corrected chi connectivity index (χ3v) is 7.77. The lowest BCUT2D eigenvalue weighted by molar-refractivity contribution is 0.198. The number of nitrogens with zero attached hydrogens (tertiary/aromatic N) is 1. The van der Waals surface area contributed by atoms with Gasteiger partial charge in [-0.25, -0.2) is 8.42 Å². The van der Waals surface area contributed by atoms with E-state index in [1.165, 1.54) is 25.7 Å². The van der Waals surface area contributed by atoms with Crippen LogP contribution in [-0.4, -0.2) is 38.4 Å². The highest BCUT2D eigenvalue weighted by Crippen LogP contribution is 2.34. The Labute approximate surface area is 146 Å². The van der Waals surface area contributed by atoms with Gasteiger partial charge in [-0.15, -0.1) is 0 Å². The van der Waals surface area contributed by atoms with Crippen molar-refractivity contribution in [2.45, 2.75) is 56.4 Å². The molecule has 2 fully saturated rings. The van der Waals surface area contributed by atoms with Gasteiger partial charge >= 0.3 is 0 Å². The smallest absolute Gasteiger partial charge is 0.243 e. The summed E-state index contributed by atoms with van der Waals surface area (Å²) in [7, 11) is -3.38. The van der Waals surface area contributed by atoms with E-state index in [0.29, 0.717) is 11.4 Å². The van der Waals surface area contributed by atoms with Gasteiger partial charge in [0.2, 0.25) is 10.0 Å². The summed E-state index contributed by atoms with van der Waals surface area (Å²) in [4.78, 5) is 0.419. The van der Waals surface area contributed by atoms with Crippen molar-refractivity contribution >= 4 is 10.0 Å². The van der Waals surface area contributed by atoms with E-state index < -0.39 is 10.0 Å². The van der Waals surface area contributed by atoms with Crippen LogP contribution in [0.2, 0.25) is 0 Å². The van der Waals surface area contributed by atoms with Crippen LogP contribution in [0.3, 0.4) is 0 Å². The number of hydrogen-bond acceptors (Lipinski definition) is 3. The molecule has 1 saturated heterocycles. The first kappa shape index (κ1) is 17.9. The second-order valence-corrected chi connectivity index (χ2v) is 9.28. The molecule has 1 aromatic rings. The number of sulfonamides is 1. The fourth-order valence-electron chi connectivity index (χ4n) is 4.26. The second-order valence-electron chi connectivity index (χ2n) is 7.39. The van der Waals surface area contributed by atoms with E-state index in [2.05, 4.69) is 12.2 Å². The van der Waals surface area contributed by atoms with Gasteiger partial charge in [0.25, 0.3) is 0 Å². The predicted molar refractivity (Wildman–Crippen MR) is 97.3 cm³/mol. The van der Waals surface area contributed by atoms with Gasteiger partial charge in [-0.3, -0.25) is 0 Å². The highest BCUT2D eigenvalue weighted by Gasteiger charge is 2.34. The molecular weight excluding hydrogens is 320 g/mol. The number of benzene rings is 1. The summed E-state index contributed by atoms with van der Waals surface area (Å²) in [6.07, 6.45) is 7.45. The molecule has 134 valence electrons. The van der Waals surface area contributed by atoms with E-state index in [-0.39, 0.29) is 6.04 Å². The highest BCUT2D eigenvalue weighted by atomic mass is 32.2. The monoisotopic (exact) mass is 350 g/mol. The molecule has 1 aromatic carbocycles. The molecular formula is C19H30N2O2S. The maximum Gasteiger partial charge on any atom is 0.243 e. The maximum absolute atomic E-state index is 13.0. The van der Waals surface area contributed by atoms with Gasteiger partial charge in [-0.1, -0.05) is 50.8 Å². The van der Waals surface area contributed by atoms with Gasteiger partial charge in [-0.2, -0.15) is 4.31 Å². The lowest BCUT2D eigenvalue weighted by Crippen LogP contribution is -2.53. The third kappa shape index (κ3) is 4.01. The van der Waals surface area contributed by atoms with Crippen LogP contribution < -0.4 is 5.32 Å². The Hall–Kier alpha value is -0.910. The molecule has 1 aliphatic heterocycles. The minimum atomic E-state index is -3.38. The average molecular weight is 351 g/mol. The Bertz CT molecular complexity index is 618. The SMILES string of the molecule is C[C@@H]1CCCC[C@H]1CC[C@H]1CNCCN1S(=O)(=O)c1ccccc1. The topological polar surface area (TPSA) is 49.4 Å². The van der Waals surface area contributed by atoms with Crippen molar-refractivity contribution in [3.05, 3.63) is 30.3 Å². The van der Waals surface area contributed by atoms with Crippen LogP contribution in [0.15, 0.2) is 35.2 Å². The fourth-order valence-corrected chi connectivity index (χ4v) is 5.94. The first-order chi connectivity index (χ1) is 11.6. The molecule has 4 nitrogen and oxygen atoms in total. The molecule has 0 bridgehead atoms. The summed E-state index contributed by atoms with van der Waals surface area (Å²) < 4.78 is 27.8. The molecule has 0 unspecified atom stereocenters. The molecule has 0 amide bonds. The van der Waals surface area contributed by atoms with Gasteiger partial charge in [0, 0.05) is 25.7 Å². The summed E-state index contributed by atoms with van der Waals surface area (Å²) in [6.45, 7) is 4.44. The molecule has 3 rings (SSSR count). The third-order valence-electron chi connectivity index (χ3n) is 5.81. The molecule has 1 aliphatic carbocycles. The first-order valence-electron chi connectivity index (χ1n) is 9.36. The number of nitrogens with one attached hydrogen (secondary N) is 1. The van der Waals surface area contributed by atoms with Crippen LogP contribution in [0.4, 0.5) is 0 Å². The molecule has 3 atom stereocenters. The van der Waals surface area contributed by atoms with Crippen LogP contribution in [0.5, 0.6) is 0 Å². The Morgan fingerprint density at radius 2 is 1.88 bits per heavy atom. The standard InChI is InChI=1S/C19H30N2O2S/c1-16-7-5-6-8-17(16)11-12-18-15-20-13-14-21(18)24(22,23)19-9-3-2-4-10-19/h2-4,9-10,16-18,20H,5-8,11-15H2,1H3/t16-,17+,18+/m1/s1. The molecule has 1 N–H and O–H groups in total. The molecule has 5 heteroatoms. The predicted octanol–water partition coefficient (Wildman–Crippen LogP) is 3.26. The van der Waals surface area contributed by atoms with Crippen molar-refractivity contribution in [3.63, 3.8) is 0 Å². The molecule has 0 spiro atoms. The molecule has 24 heavy (non-hydrogen) atoms. The summed E-state index contributed by atoms with van der Waals surface area (Å²) in [6, 6.07) is 8.95. The molecule has 1 heterocycles. The van der Waals surface area contributed by atoms with Crippen molar-refractivity contribution in [2.24, 2.45) is 11.8 Å². The van der Waals surface area contributed by atoms with Crippen LogP contribution in [0.1, 0.15) is 45.4 Å². The van der Waals surface area contributed by atoms with Crippen LogP contribution in [0, 0.1) is 11.8 Å².